The Labute approximate surface area is 172 Å². The average molecular weight is 409 g/mol. The molecule has 0 spiro atoms. The fourth-order valence-corrected chi connectivity index (χ4v) is 3.78. The molecule has 1 unspecified atom stereocenters. The van der Waals surface area contributed by atoms with E-state index in [1.54, 1.807) is 12.4 Å². The maximum absolute atomic E-state index is 12.1. The number of anilines is 1. The number of amides is 1. The SMILES string of the molecule is CN(CC1CCCCN1C(=O)CCl)c1ncc(B2OC(C)(C)C(C)(C)O2)cn1. The zero-order valence-corrected chi connectivity index (χ0v) is 18.2. The van der Waals surface area contributed by atoms with Crippen molar-refractivity contribution in [2.45, 2.75) is 64.2 Å². The number of rotatable bonds is 5. The molecule has 154 valence electrons. The first-order valence-electron chi connectivity index (χ1n) is 9.89. The lowest BCUT2D eigenvalue weighted by Crippen LogP contribution is -2.49. The Morgan fingerprint density at radius 3 is 2.43 bits per heavy atom. The number of hydrogen-bond donors (Lipinski definition) is 0. The summed E-state index contributed by atoms with van der Waals surface area (Å²) in [6.07, 6.45) is 6.63. The van der Waals surface area contributed by atoms with E-state index in [4.69, 9.17) is 20.9 Å². The van der Waals surface area contributed by atoms with Gasteiger partial charge in [0, 0.05) is 44.0 Å². The summed E-state index contributed by atoms with van der Waals surface area (Å²) in [5.74, 6) is 0.639. The van der Waals surface area contributed by atoms with Gasteiger partial charge in [-0.05, 0) is 47.0 Å². The van der Waals surface area contributed by atoms with Crippen LogP contribution in [0.1, 0.15) is 47.0 Å². The van der Waals surface area contributed by atoms with Crippen LogP contribution in [-0.2, 0) is 14.1 Å². The topological polar surface area (TPSA) is 67.8 Å². The highest BCUT2D eigenvalue weighted by Gasteiger charge is 2.52. The molecular weight excluding hydrogens is 378 g/mol. The number of likely N-dealkylation sites (tertiary alicyclic amines) is 1. The van der Waals surface area contributed by atoms with Crippen molar-refractivity contribution < 1.29 is 14.1 Å². The van der Waals surface area contributed by atoms with Crippen LogP contribution in [0, 0.1) is 0 Å². The molecule has 2 aliphatic heterocycles. The van der Waals surface area contributed by atoms with Crippen LogP contribution in [0.2, 0.25) is 0 Å². The van der Waals surface area contributed by atoms with Gasteiger partial charge in [0.15, 0.2) is 0 Å². The van der Waals surface area contributed by atoms with Gasteiger partial charge in [-0.3, -0.25) is 4.79 Å². The van der Waals surface area contributed by atoms with Gasteiger partial charge in [0.2, 0.25) is 11.9 Å². The van der Waals surface area contributed by atoms with Gasteiger partial charge in [0.25, 0.3) is 0 Å². The Morgan fingerprint density at radius 2 is 1.86 bits per heavy atom. The van der Waals surface area contributed by atoms with Crippen LogP contribution in [0.4, 0.5) is 5.95 Å². The quantitative estimate of drug-likeness (QED) is 0.547. The van der Waals surface area contributed by atoms with Gasteiger partial charge >= 0.3 is 7.12 Å². The van der Waals surface area contributed by atoms with Crippen LogP contribution >= 0.6 is 11.6 Å². The summed E-state index contributed by atoms with van der Waals surface area (Å²) in [6, 6.07) is 0.136. The zero-order valence-electron chi connectivity index (χ0n) is 17.4. The highest BCUT2D eigenvalue weighted by Crippen LogP contribution is 2.36. The number of likely N-dealkylation sites (N-methyl/N-ethyl adjacent to an activating group) is 1. The number of alkyl halides is 1. The Hall–Kier alpha value is -1.38. The van der Waals surface area contributed by atoms with Crippen molar-refractivity contribution in [2.24, 2.45) is 0 Å². The Kier molecular flexibility index (Phi) is 6.22. The van der Waals surface area contributed by atoms with Crippen molar-refractivity contribution in [3.8, 4) is 0 Å². The van der Waals surface area contributed by atoms with Crippen LogP contribution in [-0.4, -0.2) is 71.2 Å². The second kappa shape index (κ2) is 8.16. The molecule has 0 aliphatic carbocycles. The van der Waals surface area contributed by atoms with E-state index in [1.165, 1.54) is 0 Å². The van der Waals surface area contributed by atoms with E-state index in [0.29, 0.717) is 12.5 Å². The Morgan fingerprint density at radius 1 is 1.25 bits per heavy atom. The molecule has 0 aromatic carbocycles. The predicted molar refractivity (Wildman–Crippen MR) is 111 cm³/mol. The molecule has 0 bridgehead atoms. The molecule has 2 aliphatic rings. The van der Waals surface area contributed by atoms with Crippen LogP contribution in [0.25, 0.3) is 0 Å². The zero-order chi connectivity index (χ0) is 20.5. The minimum atomic E-state index is -0.473. The first-order valence-corrected chi connectivity index (χ1v) is 10.4. The molecule has 1 amide bonds. The van der Waals surface area contributed by atoms with Crippen LogP contribution in [0.5, 0.6) is 0 Å². The van der Waals surface area contributed by atoms with E-state index in [2.05, 4.69) is 9.97 Å². The van der Waals surface area contributed by atoms with Gasteiger partial charge < -0.3 is 19.1 Å². The first kappa shape index (κ1) is 21.3. The van der Waals surface area contributed by atoms with E-state index >= 15 is 0 Å². The highest BCUT2D eigenvalue weighted by molar-refractivity contribution is 6.61. The summed E-state index contributed by atoms with van der Waals surface area (Å²) in [7, 11) is 1.47. The highest BCUT2D eigenvalue weighted by atomic mass is 35.5. The van der Waals surface area contributed by atoms with Crippen molar-refractivity contribution in [1.29, 1.82) is 0 Å². The third kappa shape index (κ3) is 4.29. The monoisotopic (exact) mass is 408 g/mol. The number of nitrogens with zero attached hydrogens (tertiary/aromatic N) is 4. The fourth-order valence-electron chi connectivity index (χ4n) is 3.62. The average Bonchev–Trinajstić information content (AvgIpc) is 2.89. The lowest BCUT2D eigenvalue weighted by atomic mass is 9.81. The number of aromatic nitrogens is 2. The van der Waals surface area contributed by atoms with Crippen LogP contribution in [0.3, 0.4) is 0 Å². The fraction of sp³-hybridized carbons (Fsp3) is 0.737. The van der Waals surface area contributed by atoms with Gasteiger partial charge in [-0.25, -0.2) is 9.97 Å². The summed E-state index contributed by atoms with van der Waals surface area (Å²) in [6.45, 7) is 9.54. The summed E-state index contributed by atoms with van der Waals surface area (Å²) < 4.78 is 12.1. The maximum atomic E-state index is 12.1. The second-order valence-corrected chi connectivity index (χ2v) is 8.92. The summed E-state index contributed by atoms with van der Waals surface area (Å²) >= 11 is 5.77. The van der Waals surface area contributed by atoms with Gasteiger partial charge in [0.1, 0.15) is 5.88 Å². The molecule has 0 N–H and O–H groups in total. The summed E-state index contributed by atoms with van der Waals surface area (Å²) in [4.78, 5) is 25.0. The summed E-state index contributed by atoms with van der Waals surface area (Å²) in [5.41, 5.74) is 0.00593. The molecule has 3 rings (SSSR count). The van der Waals surface area contributed by atoms with Gasteiger partial charge in [-0.1, -0.05) is 0 Å². The van der Waals surface area contributed by atoms with Crippen molar-refractivity contribution in [2.75, 3.05) is 30.9 Å². The molecular formula is C19H30BClN4O3. The van der Waals surface area contributed by atoms with E-state index in [-0.39, 0.29) is 17.8 Å². The number of piperidine rings is 1. The smallest absolute Gasteiger partial charge is 0.399 e. The predicted octanol–water partition coefficient (Wildman–Crippen LogP) is 1.83. The van der Waals surface area contributed by atoms with E-state index in [1.807, 2.05) is 44.5 Å². The van der Waals surface area contributed by atoms with E-state index < -0.39 is 18.3 Å². The minimum Gasteiger partial charge on any atom is -0.399 e. The largest absolute Gasteiger partial charge is 0.498 e. The van der Waals surface area contributed by atoms with Gasteiger partial charge in [-0.15, -0.1) is 11.6 Å². The molecule has 0 radical (unpaired) electrons. The molecule has 1 atom stereocenters. The molecule has 1 aromatic heterocycles. The maximum Gasteiger partial charge on any atom is 0.498 e. The number of hydrogen-bond acceptors (Lipinski definition) is 6. The molecule has 0 saturated carbocycles. The third-order valence-corrected chi connectivity index (χ3v) is 6.30. The molecule has 28 heavy (non-hydrogen) atoms. The van der Waals surface area contributed by atoms with Gasteiger partial charge in [-0.2, -0.15) is 0 Å². The standard InChI is InChI=1S/C19H30BClN4O3/c1-18(2)19(3,4)28-20(27-18)14-11-22-17(23-12-14)24(5)13-15-8-6-7-9-25(15)16(26)10-21/h11-12,15H,6-10,13H2,1-5H3. The van der Waals surface area contributed by atoms with Crippen LogP contribution < -0.4 is 10.4 Å². The molecule has 9 heteroatoms. The third-order valence-electron chi connectivity index (χ3n) is 6.07. The molecule has 3 heterocycles. The lowest BCUT2D eigenvalue weighted by Gasteiger charge is -2.37. The second-order valence-electron chi connectivity index (χ2n) is 8.66. The normalized spacial score (nSPS) is 23.7. The Balaban J connectivity index is 1.65. The van der Waals surface area contributed by atoms with Crippen LogP contribution in [0.15, 0.2) is 12.4 Å². The Bertz CT molecular complexity index is 685. The number of carbonyl (C=O) groups excluding carboxylic acids is 1. The molecule has 2 saturated heterocycles. The van der Waals surface area contributed by atoms with E-state index in [0.717, 1.165) is 31.3 Å². The minimum absolute atomic E-state index is 0.00297. The molecule has 7 nitrogen and oxygen atoms in total. The first-order chi connectivity index (χ1) is 13.1. The molecule has 2 fully saturated rings. The number of halogens is 1. The lowest BCUT2D eigenvalue weighted by molar-refractivity contribution is -0.131. The molecule has 1 aromatic rings. The van der Waals surface area contributed by atoms with Crippen molar-refractivity contribution >= 4 is 36.0 Å². The van der Waals surface area contributed by atoms with Gasteiger partial charge in [0.05, 0.1) is 11.2 Å². The van der Waals surface area contributed by atoms with Crippen molar-refractivity contribution in [3.05, 3.63) is 12.4 Å². The number of carbonyl (C=O) groups is 1. The van der Waals surface area contributed by atoms with Crippen molar-refractivity contribution in [1.82, 2.24) is 14.9 Å². The van der Waals surface area contributed by atoms with E-state index in [9.17, 15) is 4.79 Å². The van der Waals surface area contributed by atoms with Crippen molar-refractivity contribution in [3.63, 3.8) is 0 Å². The summed E-state index contributed by atoms with van der Waals surface area (Å²) in [5, 5.41) is 0.